The molecule has 3 nitrogen and oxygen atoms in total. The minimum absolute atomic E-state index is 0.0357. The van der Waals surface area contributed by atoms with Crippen LogP contribution in [0.4, 0.5) is 0 Å². The smallest absolute Gasteiger partial charge is 0.293 e. The summed E-state index contributed by atoms with van der Waals surface area (Å²) in [7, 11) is 0. The quantitative estimate of drug-likeness (QED) is 0.295. The Labute approximate surface area is 143 Å². The summed E-state index contributed by atoms with van der Waals surface area (Å²) in [6.45, 7) is 0. The Morgan fingerprint density at radius 2 is 1.86 bits per heavy atom. The monoisotopic (exact) mass is 347 g/mol. The Bertz CT molecular complexity index is 739. The van der Waals surface area contributed by atoms with Gasteiger partial charge in [0, 0.05) is 22.7 Å². The third-order valence-electron chi connectivity index (χ3n) is 2.79. The first-order valence-electron chi connectivity index (χ1n) is 6.34. The summed E-state index contributed by atoms with van der Waals surface area (Å²) in [5.74, 6) is 2.50. The lowest BCUT2D eigenvalue weighted by Gasteiger charge is -2.02. The van der Waals surface area contributed by atoms with Crippen LogP contribution in [0.25, 0.3) is 5.70 Å². The van der Waals surface area contributed by atoms with Gasteiger partial charge in [-0.15, -0.1) is 0 Å². The molecule has 0 saturated carbocycles. The van der Waals surface area contributed by atoms with Crippen molar-refractivity contribution in [2.24, 2.45) is 0 Å². The summed E-state index contributed by atoms with van der Waals surface area (Å²) < 4.78 is 2.16. The first kappa shape index (κ1) is 16.6. The number of benzene rings is 1. The average Bonchev–Trinajstić information content (AvgIpc) is 2.55. The second-order valence-corrected chi connectivity index (χ2v) is 6.35. The maximum Gasteiger partial charge on any atom is 0.297 e. The third kappa shape index (κ3) is 4.36. The van der Waals surface area contributed by atoms with Gasteiger partial charge >= 0.3 is 0 Å². The number of nitrogens with one attached hydrogen (secondary N) is 1. The topological polar surface area (TPSA) is 44.8 Å². The van der Waals surface area contributed by atoms with Gasteiger partial charge in [-0.1, -0.05) is 41.6 Å². The second kappa shape index (κ2) is 8.01. The number of ketones is 1. The highest BCUT2D eigenvalue weighted by Crippen LogP contribution is 2.15. The van der Waals surface area contributed by atoms with Crippen LogP contribution >= 0.6 is 35.6 Å². The molecule has 0 spiro atoms. The van der Waals surface area contributed by atoms with Crippen LogP contribution in [-0.4, -0.2) is 21.6 Å². The number of Topliss-reactive ketones (excluding diaryl/α,β-unsaturated/α-hetero) is 1. The molecule has 0 amide bonds. The van der Waals surface area contributed by atoms with Crippen LogP contribution in [-0.2, 0) is 0 Å². The van der Waals surface area contributed by atoms with E-state index in [-0.39, 0.29) is 11.5 Å². The fourth-order valence-electron chi connectivity index (χ4n) is 1.69. The number of rotatable bonds is 5. The number of carbonyl (C=O) groups excluding carboxylic acids is 1. The molecule has 0 saturated heterocycles. The van der Waals surface area contributed by atoms with Gasteiger partial charge < -0.3 is 0 Å². The highest BCUT2D eigenvalue weighted by Gasteiger charge is 2.18. The second-order valence-electron chi connectivity index (χ2n) is 4.26. The number of nitrogens with zero attached hydrogens (tertiary/aromatic N) is 1. The van der Waals surface area contributed by atoms with Crippen molar-refractivity contribution in [1.29, 1.82) is 5.41 Å². The Morgan fingerprint density at radius 3 is 2.45 bits per heavy atom. The first-order chi connectivity index (χ1) is 10.6. The molecule has 22 heavy (non-hydrogen) atoms. The number of halogens is 1. The largest absolute Gasteiger partial charge is 0.297 e. The Kier molecular flexibility index (Phi) is 6.04. The van der Waals surface area contributed by atoms with Crippen molar-refractivity contribution in [2.75, 3.05) is 5.75 Å². The molecule has 0 radical (unpaired) electrons. The summed E-state index contributed by atoms with van der Waals surface area (Å²) in [4.78, 5) is 12.1. The van der Waals surface area contributed by atoms with Gasteiger partial charge in [0.15, 0.2) is 22.4 Å². The van der Waals surface area contributed by atoms with Crippen LogP contribution in [0.1, 0.15) is 10.4 Å². The van der Waals surface area contributed by atoms with Crippen LogP contribution in [0.5, 0.6) is 0 Å². The average molecular weight is 348 g/mol. The minimum atomic E-state index is -0.0357. The molecule has 1 N–H and O–H groups in total. The van der Waals surface area contributed by atoms with Crippen molar-refractivity contribution in [3.63, 3.8) is 0 Å². The lowest BCUT2D eigenvalue weighted by atomic mass is 10.1. The molecule has 1 aromatic carbocycles. The van der Waals surface area contributed by atoms with Gasteiger partial charge in [-0.25, -0.2) is 0 Å². The molecule has 2 rings (SSSR count). The van der Waals surface area contributed by atoms with Crippen molar-refractivity contribution in [3.05, 3.63) is 65.4 Å². The number of thioether (sulfide) groups is 1. The number of hydrogen-bond acceptors (Lipinski definition) is 4. The van der Waals surface area contributed by atoms with Crippen molar-refractivity contribution in [2.45, 2.75) is 0 Å². The predicted octanol–water partition coefficient (Wildman–Crippen LogP) is 3.66. The number of thiocarbonyl (C=S) groups is 1. The van der Waals surface area contributed by atoms with E-state index >= 15 is 0 Å². The fraction of sp³-hybridized carbons (Fsp3) is 0.0625. The SMILES string of the molecule is N=C=C(C(=S)SCC(=O)c1ccc(Cl)cc1)[n+]1ccccc1. The van der Waals surface area contributed by atoms with E-state index in [2.05, 4.69) is 5.87 Å². The van der Waals surface area contributed by atoms with Crippen LogP contribution in [0, 0.1) is 5.41 Å². The zero-order chi connectivity index (χ0) is 15.9. The highest BCUT2D eigenvalue weighted by atomic mass is 35.5. The molecule has 2 aromatic rings. The first-order valence-corrected chi connectivity index (χ1v) is 8.11. The molecule has 1 aromatic heterocycles. The molecule has 6 heteroatoms. The van der Waals surface area contributed by atoms with Gasteiger partial charge in [0.05, 0.1) is 11.6 Å². The molecule has 0 aliphatic rings. The zero-order valence-corrected chi connectivity index (χ0v) is 13.8. The maximum absolute atomic E-state index is 12.1. The van der Waals surface area contributed by atoms with E-state index in [9.17, 15) is 4.79 Å². The van der Waals surface area contributed by atoms with E-state index < -0.39 is 0 Å². The molecule has 110 valence electrons. The Morgan fingerprint density at radius 1 is 1.23 bits per heavy atom. The van der Waals surface area contributed by atoms with E-state index in [4.69, 9.17) is 29.2 Å². The molecule has 0 aliphatic carbocycles. The van der Waals surface area contributed by atoms with Crippen molar-refractivity contribution in [3.8, 4) is 0 Å². The maximum atomic E-state index is 12.1. The van der Waals surface area contributed by atoms with Gasteiger partial charge in [-0.2, -0.15) is 4.57 Å². The number of aromatic nitrogens is 1. The van der Waals surface area contributed by atoms with Gasteiger partial charge in [0.2, 0.25) is 0 Å². The van der Waals surface area contributed by atoms with E-state index in [0.717, 1.165) is 0 Å². The van der Waals surface area contributed by atoms with E-state index in [0.29, 0.717) is 20.5 Å². The summed E-state index contributed by atoms with van der Waals surface area (Å²) in [6, 6.07) is 12.3. The predicted molar refractivity (Wildman–Crippen MR) is 94.9 cm³/mol. The van der Waals surface area contributed by atoms with Crippen LogP contribution < -0.4 is 4.57 Å². The van der Waals surface area contributed by atoms with Gasteiger partial charge in [0.25, 0.3) is 5.70 Å². The van der Waals surface area contributed by atoms with E-state index in [1.165, 1.54) is 11.8 Å². The fourth-order valence-corrected chi connectivity index (χ4v) is 2.87. The van der Waals surface area contributed by atoms with Crippen LogP contribution in [0.15, 0.2) is 54.9 Å². The van der Waals surface area contributed by atoms with Crippen molar-refractivity contribution in [1.82, 2.24) is 0 Å². The van der Waals surface area contributed by atoms with Crippen molar-refractivity contribution >= 4 is 57.1 Å². The summed E-state index contributed by atoms with van der Waals surface area (Å²) in [6.07, 6.45) is 3.56. The van der Waals surface area contributed by atoms with Gasteiger partial charge in [0.1, 0.15) is 0 Å². The number of hydrogen-bond donors (Lipinski definition) is 1. The molecule has 1 heterocycles. The lowest BCUT2D eigenvalue weighted by molar-refractivity contribution is -0.574. The molecule has 0 fully saturated rings. The molecule has 0 atom stereocenters. The minimum Gasteiger partial charge on any atom is -0.293 e. The summed E-state index contributed by atoms with van der Waals surface area (Å²) in [5.41, 5.74) is 1.04. The van der Waals surface area contributed by atoms with Crippen LogP contribution in [0.3, 0.4) is 0 Å². The van der Waals surface area contributed by atoms with E-state index in [1.807, 2.05) is 18.2 Å². The highest BCUT2D eigenvalue weighted by molar-refractivity contribution is 8.24. The molecular formula is C16H12ClN2OS2+. The normalized spacial score (nSPS) is 9.86. The number of pyridine rings is 1. The Balaban J connectivity index is 2.02. The molecular weight excluding hydrogens is 336 g/mol. The zero-order valence-electron chi connectivity index (χ0n) is 11.5. The van der Waals surface area contributed by atoms with Crippen LogP contribution in [0.2, 0.25) is 5.02 Å². The lowest BCUT2D eigenvalue weighted by Crippen LogP contribution is -2.34. The standard InChI is InChI=1S/C16H12ClN2OS2/c17-13-6-4-12(5-7-13)15(20)11-22-16(21)14(10-18)19-8-2-1-3-9-19/h1-9,18H,11H2/q+1. The molecule has 0 bridgehead atoms. The van der Waals surface area contributed by atoms with Gasteiger partial charge in [-0.3, -0.25) is 10.2 Å². The molecule has 0 aliphatic heterocycles. The van der Waals surface area contributed by atoms with Crippen molar-refractivity contribution < 1.29 is 9.36 Å². The third-order valence-corrected chi connectivity index (χ3v) is 4.45. The van der Waals surface area contributed by atoms with E-state index in [1.54, 1.807) is 41.2 Å². The number of carbonyl (C=O) groups is 1. The Hall–Kier alpha value is -1.78. The van der Waals surface area contributed by atoms with Gasteiger partial charge in [-0.05, 0) is 24.3 Å². The summed E-state index contributed by atoms with van der Waals surface area (Å²) >= 11 is 12.3. The summed E-state index contributed by atoms with van der Waals surface area (Å²) in [5, 5.41) is 7.98. The molecule has 0 unspecified atom stereocenters.